The Kier molecular flexibility index (Phi) is 7.51. The largest absolute Gasteiger partial charge is 0.372 e. The predicted molar refractivity (Wildman–Crippen MR) is 124 cm³/mol. The van der Waals surface area contributed by atoms with Gasteiger partial charge in [0.1, 0.15) is 0 Å². The summed E-state index contributed by atoms with van der Waals surface area (Å²) in [5, 5.41) is 3.00. The number of carbonyl (C=O) groups is 1. The summed E-state index contributed by atoms with van der Waals surface area (Å²) in [5.41, 5.74) is 3.86. The molecule has 1 saturated heterocycles. The van der Waals surface area contributed by atoms with Gasteiger partial charge in [-0.05, 0) is 76.2 Å². The molecule has 2 aromatic carbocycles. The zero-order valence-corrected chi connectivity index (χ0v) is 18.9. The lowest BCUT2D eigenvalue weighted by molar-refractivity contribution is -0.00521. The van der Waals surface area contributed by atoms with Gasteiger partial charge in [0, 0.05) is 42.6 Å². The molecule has 5 nitrogen and oxygen atoms in total. The number of rotatable bonds is 7. The maximum absolute atomic E-state index is 12.6. The third kappa shape index (κ3) is 5.83. The Morgan fingerprint density at radius 2 is 1.67 bits per heavy atom. The minimum Gasteiger partial charge on any atom is -0.372 e. The lowest BCUT2D eigenvalue weighted by atomic mass is 10.1. The number of morpholine rings is 1. The number of ether oxygens (including phenoxy) is 1. The second-order valence-electron chi connectivity index (χ2n) is 8.52. The van der Waals surface area contributed by atoms with E-state index in [4.69, 9.17) is 4.74 Å². The van der Waals surface area contributed by atoms with Crippen molar-refractivity contribution in [3.8, 4) is 0 Å². The van der Waals surface area contributed by atoms with E-state index < -0.39 is 0 Å². The molecule has 1 heterocycles. The Bertz CT molecular complexity index is 807. The molecule has 30 heavy (non-hydrogen) atoms. The van der Waals surface area contributed by atoms with Gasteiger partial charge >= 0.3 is 0 Å². The Morgan fingerprint density at radius 3 is 2.20 bits per heavy atom. The number of benzene rings is 2. The normalized spacial score (nSPS) is 19.4. The summed E-state index contributed by atoms with van der Waals surface area (Å²) < 4.78 is 5.81. The van der Waals surface area contributed by atoms with Crippen LogP contribution < -0.4 is 10.2 Å². The van der Waals surface area contributed by atoms with Crippen LogP contribution in [-0.4, -0.2) is 48.7 Å². The third-order valence-corrected chi connectivity index (χ3v) is 5.65. The standard InChI is InChI=1S/C25H35N3O2/c1-6-27(18(2)3)17-21-7-9-22(10-8-21)25(29)26-23-11-13-24(14-12-23)28-15-19(4)30-20(5)16-28/h7-14,18-20H,6,15-17H2,1-5H3,(H,26,29). The summed E-state index contributed by atoms with van der Waals surface area (Å²) in [5.74, 6) is -0.0841. The second kappa shape index (κ2) is 10.1. The van der Waals surface area contributed by atoms with E-state index in [1.54, 1.807) is 0 Å². The highest BCUT2D eigenvalue weighted by Crippen LogP contribution is 2.22. The van der Waals surface area contributed by atoms with Gasteiger partial charge in [-0.15, -0.1) is 0 Å². The monoisotopic (exact) mass is 409 g/mol. The van der Waals surface area contributed by atoms with Crippen LogP contribution in [0.2, 0.25) is 0 Å². The molecule has 1 N–H and O–H groups in total. The highest BCUT2D eigenvalue weighted by Gasteiger charge is 2.22. The van der Waals surface area contributed by atoms with Gasteiger partial charge in [0.15, 0.2) is 0 Å². The van der Waals surface area contributed by atoms with E-state index in [-0.39, 0.29) is 18.1 Å². The minimum absolute atomic E-state index is 0.0841. The molecule has 1 aliphatic rings. The van der Waals surface area contributed by atoms with Gasteiger partial charge < -0.3 is 15.0 Å². The van der Waals surface area contributed by atoms with Crippen LogP contribution in [0.15, 0.2) is 48.5 Å². The van der Waals surface area contributed by atoms with Crippen LogP contribution in [0.4, 0.5) is 11.4 Å². The number of carbonyl (C=O) groups excluding carboxylic acids is 1. The number of hydrogen-bond acceptors (Lipinski definition) is 4. The van der Waals surface area contributed by atoms with Crippen LogP contribution in [0.3, 0.4) is 0 Å². The van der Waals surface area contributed by atoms with E-state index in [0.29, 0.717) is 11.6 Å². The third-order valence-electron chi connectivity index (χ3n) is 5.65. The van der Waals surface area contributed by atoms with Gasteiger partial charge in [-0.1, -0.05) is 19.1 Å². The quantitative estimate of drug-likeness (QED) is 0.715. The summed E-state index contributed by atoms with van der Waals surface area (Å²) in [6, 6.07) is 16.5. The molecule has 0 spiro atoms. The molecule has 5 heteroatoms. The van der Waals surface area contributed by atoms with E-state index >= 15 is 0 Å². The second-order valence-corrected chi connectivity index (χ2v) is 8.52. The number of amides is 1. The number of nitrogens with zero attached hydrogens (tertiary/aromatic N) is 2. The van der Waals surface area contributed by atoms with Crippen LogP contribution in [-0.2, 0) is 11.3 Å². The van der Waals surface area contributed by atoms with Crippen LogP contribution in [0.1, 0.15) is 50.5 Å². The van der Waals surface area contributed by atoms with Gasteiger partial charge in [0.25, 0.3) is 5.91 Å². The average Bonchev–Trinajstić information content (AvgIpc) is 2.72. The molecule has 2 atom stereocenters. The molecule has 162 valence electrons. The number of anilines is 2. The molecule has 2 unspecified atom stereocenters. The predicted octanol–water partition coefficient (Wildman–Crippen LogP) is 4.78. The highest BCUT2D eigenvalue weighted by molar-refractivity contribution is 6.04. The maximum atomic E-state index is 12.6. The molecule has 0 saturated carbocycles. The van der Waals surface area contributed by atoms with E-state index in [1.807, 2.05) is 36.4 Å². The summed E-state index contributed by atoms with van der Waals surface area (Å²) in [7, 11) is 0. The summed E-state index contributed by atoms with van der Waals surface area (Å²) in [6.07, 6.45) is 0.446. The zero-order chi connectivity index (χ0) is 21.7. The maximum Gasteiger partial charge on any atom is 0.255 e. The lowest BCUT2D eigenvalue weighted by Crippen LogP contribution is -2.45. The van der Waals surface area contributed by atoms with Gasteiger partial charge in [0.05, 0.1) is 12.2 Å². The fraction of sp³-hybridized carbons (Fsp3) is 0.480. The average molecular weight is 410 g/mol. The number of nitrogens with one attached hydrogen (secondary N) is 1. The van der Waals surface area contributed by atoms with Gasteiger partial charge in [0.2, 0.25) is 0 Å². The molecule has 3 rings (SSSR count). The smallest absolute Gasteiger partial charge is 0.255 e. The molecule has 1 aliphatic heterocycles. The highest BCUT2D eigenvalue weighted by atomic mass is 16.5. The Hall–Kier alpha value is -2.37. The topological polar surface area (TPSA) is 44.8 Å². The first-order valence-electron chi connectivity index (χ1n) is 11.0. The SMILES string of the molecule is CCN(Cc1ccc(C(=O)Nc2ccc(N3CC(C)OC(C)C3)cc2)cc1)C(C)C. The van der Waals surface area contributed by atoms with Crippen molar-refractivity contribution in [3.63, 3.8) is 0 Å². The molecule has 1 fully saturated rings. The Morgan fingerprint density at radius 1 is 1.07 bits per heavy atom. The molecule has 2 aromatic rings. The summed E-state index contributed by atoms with van der Waals surface area (Å²) in [4.78, 5) is 17.4. The van der Waals surface area contributed by atoms with Crippen molar-refractivity contribution < 1.29 is 9.53 Å². The first-order valence-corrected chi connectivity index (χ1v) is 11.0. The first kappa shape index (κ1) is 22.3. The molecular weight excluding hydrogens is 374 g/mol. The Labute approximate surface area is 181 Å². The van der Waals surface area contributed by atoms with Crippen molar-refractivity contribution in [2.75, 3.05) is 29.9 Å². The van der Waals surface area contributed by atoms with Crippen molar-refractivity contribution in [1.29, 1.82) is 0 Å². The molecule has 0 radical (unpaired) electrons. The molecule has 0 bridgehead atoms. The van der Waals surface area contributed by atoms with Crippen LogP contribution in [0.5, 0.6) is 0 Å². The molecular formula is C25H35N3O2. The van der Waals surface area contributed by atoms with Crippen molar-refractivity contribution in [1.82, 2.24) is 4.90 Å². The lowest BCUT2D eigenvalue weighted by Gasteiger charge is -2.36. The van der Waals surface area contributed by atoms with Gasteiger partial charge in [-0.3, -0.25) is 9.69 Å². The zero-order valence-electron chi connectivity index (χ0n) is 18.9. The fourth-order valence-corrected chi connectivity index (χ4v) is 4.00. The Balaban J connectivity index is 1.59. The van der Waals surface area contributed by atoms with E-state index in [2.05, 4.69) is 61.9 Å². The van der Waals surface area contributed by atoms with Gasteiger partial charge in [-0.2, -0.15) is 0 Å². The van der Waals surface area contributed by atoms with E-state index in [1.165, 1.54) is 5.56 Å². The molecule has 0 aliphatic carbocycles. The van der Waals surface area contributed by atoms with Crippen LogP contribution in [0, 0.1) is 0 Å². The molecule has 0 aromatic heterocycles. The van der Waals surface area contributed by atoms with Crippen molar-refractivity contribution in [3.05, 3.63) is 59.7 Å². The molecule has 1 amide bonds. The van der Waals surface area contributed by atoms with Crippen molar-refractivity contribution in [2.24, 2.45) is 0 Å². The fourth-order valence-electron chi connectivity index (χ4n) is 4.00. The van der Waals surface area contributed by atoms with E-state index in [9.17, 15) is 4.79 Å². The van der Waals surface area contributed by atoms with Gasteiger partial charge in [-0.25, -0.2) is 0 Å². The first-order chi connectivity index (χ1) is 14.4. The minimum atomic E-state index is -0.0841. The van der Waals surface area contributed by atoms with Crippen LogP contribution >= 0.6 is 0 Å². The van der Waals surface area contributed by atoms with Crippen molar-refractivity contribution in [2.45, 2.75) is 59.4 Å². The summed E-state index contributed by atoms with van der Waals surface area (Å²) in [6.45, 7) is 14.5. The summed E-state index contributed by atoms with van der Waals surface area (Å²) >= 11 is 0. The number of hydrogen-bond donors (Lipinski definition) is 1. The van der Waals surface area contributed by atoms with Crippen molar-refractivity contribution >= 4 is 17.3 Å². The van der Waals surface area contributed by atoms with E-state index in [0.717, 1.165) is 37.6 Å². The van der Waals surface area contributed by atoms with Crippen LogP contribution in [0.25, 0.3) is 0 Å².